The highest BCUT2D eigenvalue weighted by Gasteiger charge is 2.30. The Balaban J connectivity index is 1.50. The lowest BCUT2D eigenvalue weighted by atomic mass is 10.1. The first-order chi connectivity index (χ1) is 13.5. The van der Waals surface area contributed by atoms with Crippen LogP contribution in [0.2, 0.25) is 0 Å². The Hall–Kier alpha value is -2.67. The van der Waals surface area contributed by atoms with Gasteiger partial charge < -0.3 is 14.7 Å². The molecule has 1 aromatic carbocycles. The fraction of sp³-hybridized carbons (Fsp3) is 0.476. The molecule has 3 heterocycles. The van der Waals surface area contributed by atoms with Gasteiger partial charge in [-0.15, -0.1) is 0 Å². The van der Waals surface area contributed by atoms with E-state index in [9.17, 15) is 9.59 Å². The number of likely N-dealkylation sites (N-methyl/N-ethyl adjacent to an activating group) is 1. The van der Waals surface area contributed by atoms with Gasteiger partial charge in [0.05, 0.1) is 11.9 Å². The van der Waals surface area contributed by atoms with Crippen molar-refractivity contribution in [3.05, 3.63) is 52.4 Å². The van der Waals surface area contributed by atoms with Gasteiger partial charge in [0.25, 0.3) is 5.56 Å². The molecule has 0 aliphatic carbocycles. The molecule has 1 amide bonds. The van der Waals surface area contributed by atoms with Crippen LogP contribution in [0.25, 0.3) is 0 Å². The van der Waals surface area contributed by atoms with Crippen LogP contribution in [0.15, 0.2) is 41.3 Å². The van der Waals surface area contributed by atoms with Crippen molar-refractivity contribution < 1.29 is 4.79 Å². The first-order valence-electron chi connectivity index (χ1n) is 9.93. The van der Waals surface area contributed by atoms with E-state index in [-0.39, 0.29) is 24.1 Å². The summed E-state index contributed by atoms with van der Waals surface area (Å²) in [5.41, 5.74) is 2.72. The van der Waals surface area contributed by atoms with Crippen molar-refractivity contribution in [1.29, 1.82) is 0 Å². The number of amides is 1. The zero-order valence-corrected chi connectivity index (χ0v) is 16.5. The lowest BCUT2D eigenvalue weighted by Crippen LogP contribution is -2.40. The molecule has 28 heavy (non-hydrogen) atoms. The lowest BCUT2D eigenvalue weighted by Gasteiger charge is -2.24. The number of fused-ring (bicyclic) bond motifs is 1. The molecule has 1 fully saturated rings. The minimum atomic E-state index is -0.233. The van der Waals surface area contributed by atoms with Crippen LogP contribution in [0, 0.1) is 0 Å². The third kappa shape index (κ3) is 3.67. The van der Waals surface area contributed by atoms with Crippen molar-refractivity contribution in [2.75, 3.05) is 43.0 Å². The molecule has 0 bridgehead atoms. The Morgan fingerprint density at radius 1 is 1.18 bits per heavy atom. The van der Waals surface area contributed by atoms with E-state index in [1.54, 1.807) is 17.2 Å². The fourth-order valence-electron chi connectivity index (χ4n) is 4.17. The maximum Gasteiger partial charge on any atom is 0.269 e. The standard InChI is InChI=1S/C21H27N5O2/c1-16-12-17-6-3-4-7-19(17)26(16)21(28)15-25-20(27)13-18(14-22-25)24-9-5-8-23(2)10-11-24/h3-4,6-7,13-14,16H,5,8-12,15H2,1-2H3/t16-/m0/s1. The maximum absolute atomic E-state index is 12.9. The second kappa shape index (κ2) is 7.75. The van der Waals surface area contributed by atoms with Gasteiger partial charge in [-0.1, -0.05) is 18.2 Å². The summed E-state index contributed by atoms with van der Waals surface area (Å²) in [6.45, 7) is 5.81. The summed E-state index contributed by atoms with van der Waals surface area (Å²) in [5.74, 6) is -0.101. The van der Waals surface area contributed by atoms with E-state index in [4.69, 9.17) is 0 Å². The van der Waals surface area contributed by atoms with E-state index in [1.807, 2.05) is 25.1 Å². The van der Waals surface area contributed by atoms with Crippen LogP contribution in [0.4, 0.5) is 11.4 Å². The number of carbonyl (C=O) groups excluding carboxylic acids is 1. The zero-order chi connectivity index (χ0) is 19.7. The van der Waals surface area contributed by atoms with Crippen LogP contribution < -0.4 is 15.4 Å². The largest absolute Gasteiger partial charge is 0.369 e. The molecule has 2 aliphatic heterocycles. The molecule has 0 radical (unpaired) electrons. The molecule has 1 atom stereocenters. The third-order valence-corrected chi connectivity index (χ3v) is 5.70. The molecule has 0 N–H and O–H groups in total. The van der Waals surface area contributed by atoms with Crippen molar-refractivity contribution in [3.8, 4) is 0 Å². The van der Waals surface area contributed by atoms with Crippen LogP contribution in [-0.2, 0) is 17.8 Å². The minimum Gasteiger partial charge on any atom is -0.369 e. The molecule has 0 saturated carbocycles. The molecule has 1 saturated heterocycles. The van der Waals surface area contributed by atoms with Gasteiger partial charge in [-0.2, -0.15) is 5.10 Å². The van der Waals surface area contributed by atoms with Gasteiger partial charge >= 0.3 is 0 Å². The maximum atomic E-state index is 12.9. The number of rotatable bonds is 3. The van der Waals surface area contributed by atoms with Crippen LogP contribution in [0.1, 0.15) is 18.9 Å². The fourth-order valence-corrected chi connectivity index (χ4v) is 4.17. The second-order valence-electron chi connectivity index (χ2n) is 7.80. The van der Waals surface area contributed by atoms with E-state index >= 15 is 0 Å². The Morgan fingerprint density at radius 3 is 2.82 bits per heavy atom. The molecule has 2 aromatic rings. The number of hydrogen-bond acceptors (Lipinski definition) is 5. The molecule has 7 heteroatoms. The number of nitrogens with zero attached hydrogens (tertiary/aromatic N) is 5. The summed E-state index contributed by atoms with van der Waals surface area (Å²) < 4.78 is 1.27. The van der Waals surface area contributed by atoms with Gasteiger partial charge in [-0.3, -0.25) is 9.59 Å². The number of carbonyl (C=O) groups is 1. The van der Waals surface area contributed by atoms with Gasteiger partial charge in [0.15, 0.2) is 0 Å². The molecule has 148 valence electrons. The van der Waals surface area contributed by atoms with Crippen LogP contribution >= 0.6 is 0 Å². The van der Waals surface area contributed by atoms with Crippen LogP contribution in [0.3, 0.4) is 0 Å². The number of aromatic nitrogens is 2. The zero-order valence-electron chi connectivity index (χ0n) is 16.5. The van der Waals surface area contributed by atoms with Crippen LogP contribution in [0.5, 0.6) is 0 Å². The van der Waals surface area contributed by atoms with Gasteiger partial charge in [0.1, 0.15) is 6.54 Å². The van der Waals surface area contributed by atoms with E-state index in [0.717, 1.165) is 50.4 Å². The quantitative estimate of drug-likeness (QED) is 0.804. The molecular weight excluding hydrogens is 354 g/mol. The summed E-state index contributed by atoms with van der Waals surface area (Å²) >= 11 is 0. The van der Waals surface area contributed by atoms with Crippen molar-refractivity contribution in [2.45, 2.75) is 32.4 Å². The molecule has 4 rings (SSSR count). The second-order valence-corrected chi connectivity index (χ2v) is 7.80. The van der Waals surface area contributed by atoms with Gasteiger partial charge in [-0.25, -0.2) is 4.68 Å². The normalized spacial score (nSPS) is 20.1. The Kier molecular flexibility index (Phi) is 5.17. The molecule has 0 unspecified atom stereocenters. The first-order valence-corrected chi connectivity index (χ1v) is 9.93. The Morgan fingerprint density at radius 2 is 2.00 bits per heavy atom. The lowest BCUT2D eigenvalue weighted by molar-refractivity contribution is -0.119. The monoisotopic (exact) mass is 381 g/mol. The summed E-state index contributed by atoms with van der Waals surface area (Å²) in [4.78, 5) is 31.8. The number of anilines is 2. The van der Waals surface area contributed by atoms with Crippen molar-refractivity contribution in [2.24, 2.45) is 0 Å². The van der Waals surface area contributed by atoms with E-state index in [2.05, 4.69) is 28.0 Å². The number of para-hydroxylation sites is 1. The van der Waals surface area contributed by atoms with Crippen LogP contribution in [-0.4, -0.2) is 59.9 Å². The minimum absolute atomic E-state index is 0.0411. The van der Waals surface area contributed by atoms with Gasteiger partial charge in [-0.05, 0) is 45.0 Å². The van der Waals surface area contributed by atoms with Crippen molar-refractivity contribution >= 4 is 17.3 Å². The van der Waals surface area contributed by atoms with E-state index in [1.165, 1.54) is 10.2 Å². The summed E-state index contributed by atoms with van der Waals surface area (Å²) in [5, 5.41) is 4.30. The Bertz CT molecular complexity index is 925. The van der Waals surface area contributed by atoms with E-state index < -0.39 is 0 Å². The summed E-state index contributed by atoms with van der Waals surface area (Å²) in [6, 6.07) is 9.64. The molecule has 1 aromatic heterocycles. The highest BCUT2D eigenvalue weighted by molar-refractivity contribution is 5.96. The SMILES string of the molecule is C[C@H]1Cc2ccccc2N1C(=O)Cn1ncc(N2CCCN(C)CC2)cc1=O. The predicted octanol–water partition coefficient (Wildman–Crippen LogP) is 1.36. The average Bonchev–Trinajstić information content (AvgIpc) is 2.86. The van der Waals surface area contributed by atoms with E-state index in [0.29, 0.717) is 0 Å². The first kappa shape index (κ1) is 18.7. The summed E-state index contributed by atoms with van der Waals surface area (Å²) in [7, 11) is 2.11. The molecule has 7 nitrogen and oxygen atoms in total. The van der Waals surface area contributed by atoms with Crippen molar-refractivity contribution in [3.63, 3.8) is 0 Å². The third-order valence-electron chi connectivity index (χ3n) is 5.70. The predicted molar refractivity (Wildman–Crippen MR) is 110 cm³/mol. The number of benzene rings is 1. The summed E-state index contributed by atoms with van der Waals surface area (Å²) in [6.07, 6.45) is 3.61. The Labute approximate surface area is 165 Å². The average molecular weight is 381 g/mol. The molecule has 2 aliphatic rings. The van der Waals surface area contributed by atoms with Gasteiger partial charge in [0, 0.05) is 37.4 Å². The highest BCUT2D eigenvalue weighted by Crippen LogP contribution is 2.31. The molecule has 0 spiro atoms. The van der Waals surface area contributed by atoms with Gasteiger partial charge in [0.2, 0.25) is 5.91 Å². The highest BCUT2D eigenvalue weighted by atomic mass is 16.2. The van der Waals surface area contributed by atoms with Crippen molar-refractivity contribution in [1.82, 2.24) is 14.7 Å². The molecular formula is C21H27N5O2. The number of hydrogen-bond donors (Lipinski definition) is 0. The topological polar surface area (TPSA) is 61.7 Å². The smallest absolute Gasteiger partial charge is 0.269 e.